The van der Waals surface area contributed by atoms with Crippen LogP contribution in [0.15, 0.2) is 34.2 Å². The Balaban J connectivity index is 1.91. The quantitative estimate of drug-likeness (QED) is 0.597. The van der Waals surface area contributed by atoms with E-state index in [1.165, 1.54) is 0 Å². The van der Waals surface area contributed by atoms with Gasteiger partial charge in [0.05, 0.1) is 10.9 Å². The molecular weight excluding hydrogens is 328 g/mol. The molecule has 1 aromatic carbocycles. The second-order valence-electron chi connectivity index (χ2n) is 5.73. The molecule has 24 heavy (non-hydrogen) atoms. The molecule has 0 aliphatic carbocycles. The molecule has 0 saturated heterocycles. The molecule has 1 aliphatic heterocycles. The van der Waals surface area contributed by atoms with E-state index >= 15 is 0 Å². The molecule has 0 radical (unpaired) electrons. The Kier molecular flexibility index (Phi) is 6.33. The van der Waals surface area contributed by atoms with Crippen molar-refractivity contribution in [3.63, 3.8) is 0 Å². The Morgan fingerprint density at radius 1 is 1.25 bits per heavy atom. The fraction of sp³-hybridized carbons (Fsp3) is 0.500. The third kappa shape index (κ3) is 4.78. The van der Waals surface area contributed by atoms with E-state index < -0.39 is 10.0 Å². The Morgan fingerprint density at radius 3 is 2.75 bits per heavy atom. The van der Waals surface area contributed by atoms with Crippen LogP contribution in [0.25, 0.3) is 0 Å². The molecule has 2 rings (SSSR count). The minimum absolute atomic E-state index is 0.0979. The van der Waals surface area contributed by atoms with Crippen molar-refractivity contribution >= 4 is 21.8 Å². The number of nitrogens with one attached hydrogen (secondary N) is 3. The highest BCUT2D eigenvalue weighted by molar-refractivity contribution is 7.90. The SMILES string of the molecule is CCCNCCNC(=O)CC(C)N=C1NS(=O)(=O)c2ccccc21. The van der Waals surface area contributed by atoms with E-state index in [1.54, 1.807) is 31.2 Å². The van der Waals surface area contributed by atoms with E-state index in [-0.39, 0.29) is 23.3 Å². The topological polar surface area (TPSA) is 99.7 Å². The lowest BCUT2D eigenvalue weighted by Crippen LogP contribution is -2.33. The first-order valence-corrected chi connectivity index (χ1v) is 9.59. The second-order valence-corrected chi connectivity index (χ2v) is 7.38. The van der Waals surface area contributed by atoms with E-state index in [9.17, 15) is 13.2 Å². The molecule has 0 aromatic heterocycles. The summed E-state index contributed by atoms with van der Waals surface area (Å²) in [6, 6.07) is 6.36. The highest BCUT2D eigenvalue weighted by Crippen LogP contribution is 2.22. The van der Waals surface area contributed by atoms with Gasteiger partial charge in [-0.15, -0.1) is 0 Å². The molecule has 1 atom stereocenters. The van der Waals surface area contributed by atoms with Gasteiger partial charge in [-0.1, -0.05) is 19.1 Å². The van der Waals surface area contributed by atoms with Gasteiger partial charge in [0.2, 0.25) is 5.91 Å². The number of sulfonamides is 1. The lowest BCUT2D eigenvalue weighted by molar-refractivity contribution is -0.121. The smallest absolute Gasteiger partial charge is 0.263 e. The zero-order chi connectivity index (χ0) is 17.6. The van der Waals surface area contributed by atoms with Crippen LogP contribution in [-0.2, 0) is 14.8 Å². The van der Waals surface area contributed by atoms with Crippen LogP contribution in [0.1, 0.15) is 32.3 Å². The zero-order valence-electron chi connectivity index (χ0n) is 14.0. The Morgan fingerprint density at radius 2 is 2.00 bits per heavy atom. The molecule has 0 saturated carbocycles. The van der Waals surface area contributed by atoms with Crippen LogP contribution in [0, 0.1) is 0 Å². The van der Waals surface area contributed by atoms with Crippen LogP contribution in [0.5, 0.6) is 0 Å². The molecule has 0 fully saturated rings. The number of hydrogen-bond donors (Lipinski definition) is 3. The van der Waals surface area contributed by atoms with E-state index in [1.807, 2.05) is 0 Å². The number of carbonyl (C=O) groups is 1. The largest absolute Gasteiger partial charge is 0.355 e. The van der Waals surface area contributed by atoms with E-state index in [0.717, 1.165) is 19.5 Å². The summed E-state index contributed by atoms with van der Waals surface area (Å²) in [4.78, 5) is 16.5. The Labute approximate surface area is 143 Å². The minimum atomic E-state index is -3.54. The fourth-order valence-corrected chi connectivity index (χ4v) is 3.67. The first-order valence-electron chi connectivity index (χ1n) is 8.11. The first kappa shape index (κ1) is 18.4. The molecule has 0 bridgehead atoms. The number of carbonyl (C=O) groups excluding carboxylic acids is 1. The van der Waals surface area contributed by atoms with Crippen LogP contribution in [-0.4, -0.2) is 45.8 Å². The van der Waals surface area contributed by atoms with E-state index in [0.29, 0.717) is 17.9 Å². The summed E-state index contributed by atoms with van der Waals surface area (Å²) < 4.78 is 26.5. The highest BCUT2D eigenvalue weighted by atomic mass is 32.2. The van der Waals surface area contributed by atoms with Crippen molar-refractivity contribution < 1.29 is 13.2 Å². The summed E-state index contributed by atoms with van der Waals surface area (Å²) in [6.45, 7) is 6.10. The van der Waals surface area contributed by atoms with Crippen LogP contribution in [0.3, 0.4) is 0 Å². The van der Waals surface area contributed by atoms with Gasteiger partial charge in [-0.2, -0.15) is 0 Å². The molecule has 7 nitrogen and oxygen atoms in total. The van der Waals surface area contributed by atoms with E-state index in [2.05, 4.69) is 27.3 Å². The maximum Gasteiger partial charge on any atom is 0.263 e. The van der Waals surface area contributed by atoms with Crippen molar-refractivity contribution in [1.82, 2.24) is 15.4 Å². The summed E-state index contributed by atoms with van der Waals surface area (Å²) in [5, 5.41) is 6.03. The number of fused-ring (bicyclic) bond motifs is 1. The third-order valence-electron chi connectivity index (χ3n) is 3.54. The number of benzene rings is 1. The summed E-state index contributed by atoms with van der Waals surface area (Å²) in [5.74, 6) is 0.204. The van der Waals surface area contributed by atoms with Crippen molar-refractivity contribution in [2.75, 3.05) is 19.6 Å². The average Bonchev–Trinajstić information content (AvgIpc) is 2.78. The number of hydrogen-bond acceptors (Lipinski definition) is 5. The first-order chi connectivity index (χ1) is 11.4. The van der Waals surface area contributed by atoms with Crippen LogP contribution < -0.4 is 15.4 Å². The second kappa shape index (κ2) is 8.25. The van der Waals surface area contributed by atoms with Gasteiger partial charge in [0, 0.05) is 25.1 Å². The molecule has 1 heterocycles. The molecule has 1 aromatic rings. The van der Waals surface area contributed by atoms with Gasteiger partial charge >= 0.3 is 0 Å². The molecule has 132 valence electrons. The third-order valence-corrected chi connectivity index (χ3v) is 4.94. The number of rotatable bonds is 8. The van der Waals surface area contributed by atoms with Crippen molar-refractivity contribution in [2.45, 2.75) is 37.6 Å². The predicted molar refractivity (Wildman–Crippen MR) is 93.5 cm³/mol. The minimum Gasteiger partial charge on any atom is -0.355 e. The molecule has 3 N–H and O–H groups in total. The van der Waals surface area contributed by atoms with Gasteiger partial charge in [0.25, 0.3) is 10.0 Å². The van der Waals surface area contributed by atoms with Crippen molar-refractivity contribution in [1.29, 1.82) is 0 Å². The molecule has 1 unspecified atom stereocenters. The maximum atomic E-state index is 12.0. The molecular formula is C16H24N4O3S. The Hall–Kier alpha value is -1.93. The number of aliphatic imine (C=N–C) groups is 1. The fourth-order valence-electron chi connectivity index (χ4n) is 2.43. The lowest BCUT2D eigenvalue weighted by atomic mass is 10.2. The van der Waals surface area contributed by atoms with Gasteiger partial charge in [-0.3, -0.25) is 14.5 Å². The standard InChI is InChI=1S/C16H24N4O3S/c1-3-8-17-9-10-18-15(21)11-12(2)19-16-13-6-4-5-7-14(13)24(22,23)20-16/h4-7,12,17H,3,8-11H2,1-2H3,(H,18,21)(H,19,20). The highest BCUT2D eigenvalue weighted by Gasteiger charge is 2.30. The maximum absolute atomic E-state index is 12.0. The van der Waals surface area contributed by atoms with Crippen molar-refractivity contribution in [2.24, 2.45) is 4.99 Å². The normalized spacial score (nSPS) is 18.0. The zero-order valence-corrected chi connectivity index (χ0v) is 14.8. The average molecular weight is 352 g/mol. The van der Waals surface area contributed by atoms with Gasteiger partial charge < -0.3 is 10.6 Å². The van der Waals surface area contributed by atoms with Crippen LogP contribution in [0.4, 0.5) is 0 Å². The summed E-state index contributed by atoms with van der Waals surface area (Å²) in [7, 11) is -3.54. The van der Waals surface area contributed by atoms with Gasteiger partial charge in [0.1, 0.15) is 5.84 Å². The van der Waals surface area contributed by atoms with Gasteiger partial charge in [-0.05, 0) is 32.0 Å². The number of amides is 1. The molecule has 1 aliphatic rings. The molecule has 1 amide bonds. The Bertz CT molecular complexity index is 716. The van der Waals surface area contributed by atoms with Gasteiger partial charge in [0.15, 0.2) is 0 Å². The monoisotopic (exact) mass is 352 g/mol. The summed E-state index contributed by atoms with van der Waals surface area (Å²) in [6.07, 6.45) is 1.26. The van der Waals surface area contributed by atoms with Crippen LogP contribution >= 0.6 is 0 Å². The lowest BCUT2D eigenvalue weighted by Gasteiger charge is -2.09. The molecule has 0 spiro atoms. The van der Waals surface area contributed by atoms with E-state index in [4.69, 9.17) is 0 Å². The van der Waals surface area contributed by atoms with Crippen molar-refractivity contribution in [3.05, 3.63) is 29.8 Å². The van der Waals surface area contributed by atoms with Gasteiger partial charge in [-0.25, -0.2) is 8.42 Å². The van der Waals surface area contributed by atoms with Crippen LogP contribution in [0.2, 0.25) is 0 Å². The summed E-state index contributed by atoms with van der Waals surface area (Å²) >= 11 is 0. The number of amidine groups is 1. The predicted octanol–water partition coefficient (Wildman–Crippen LogP) is 0.620. The van der Waals surface area contributed by atoms with Crippen molar-refractivity contribution in [3.8, 4) is 0 Å². The molecule has 8 heteroatoms. The number of nitrogens with zero attached hydrogens (tertiary/aromatic N) is 1. The summed E-state index contributed by atoms with van der Waals surface area (Å²) in [5.41, 5.74) is 0.550.